The molecule has 0 radical (unpaired) electrons. The third-order valence-electron chi connectivity index (χ3n) is 3.54. The van der Waals surface area contributed by atoms with E-state index in [1.54, 1.807) is 6.20 Å². The molecule has 0 aromatic carbocycles. The van der Waals surface area contributed by atoms with Crippen molar-refractivity contribution in [1.29, 1.82) is 0 Å². The Morgan fingerprint density at radius 1 is 1.38 bits per heavy atom. The lowest BCUT2D eigenvalue weighted by Gasteiger charge is -2.32. The van der Waals surface area contributed by atoms with Gasteiger partial charge in [0.2, 0.25) is 10.0 Å². The van der Waals surface area contributed by atoms with E-state index in [4.69, 9.17) is 15.0 Å². The number of nitrogens with zero attached hydrogens (tertiary/aromatic N) is 3. The number of primary sulfonamides is 1. The van der Waals surface area contributed by atoms with Gasteiger partial charge in [-0.15, -0.1) is 5.10 Å². The molecule has 0 amide bonds. The van der Waals surface area contributed by atoms with Crippen molar-refractivity contribution in [3.05, 3.63) is 17.3 Å². The highest BCUT2D eigenvalue weighted by Gasteiger charge is 2.28. The van der Waals surface area contributed by atoms with E-state index < -0.39 is 15.3 Å². The Bertz CT molecular complexity index is 583. The molecule has 1 fully saturated rings. The van der Waals surface area contributed by atoms with Crippen LogP contribution in [0.4, 0.5) is 5.82 Å². The first kappa shape index (κ1) is 17.3. The molecule has 1 aliphatic rings. The predicted octanol–water partition coefficient (Wildman–Crippen LogP) is 0.0515. The standard InChI is InChI=1S/C11H18N4O2S.CH2O2/c1-8-7-13-14-11(9(8)2)15-5-3-10(4-6-15)18(12,16)17;2-1-3/h7,10H,3-6H2,1-2H3,(H2,12,16,17);1H,(H,2,3). The van der Waals surface area contributed by atoms with Crippen molar-refractivity contribution < 1.29 is 18.3 Å². The molecule has 0 spiro atoms. The second-order valence-corrected chi connectivity index (χ2v) is 6.70. The van der Waals surface area contributed by atoms with Crippen LogP contribution in [0.25, 0.3) is 0 Å². The van der Waals surface area contributed by atoms with Gasteiger partial charge in [0.15, 0.2) is 5.82 Å². The van der Waals surface area contributed by atoms with Crippen LogP contribution in [0.5, 0.6) is 0 Å². The zero-order chi connectivity index (χ0) is 16.0. The molecule has 118 valence electrons. The van der Waals surface area contributed by atoms with E-state index in [0.717, 1.165) is 16.9 Å². The van der Waals surface area contributed by atoms with Gasteiger partial charge in [0.1, 0.15) is 0 Å². The maximum atomic E-state index is 11.3. The fourth-order valence-electron chi connectivity index (χ4n) is 2.21. The van der Waals surface area contributed by atoms with Crippen LogP contribution in [-0.2, 0) is 14.8 Å². The predicted molar refractivity (Wildman–Crippen MR) is 78.5 cm³/mol. The molecule has 0 bridgehead atoms. The highest BCUT2D eigenvalue weighted by molar-refractivity contribution is 7.89. The van der Waals surface area contributed by atoms with Crippen LogP contribution < -0.4 is 10.0 Å². The number of nitrogens with two attached hydrogens (primary N) is 1. The minimum Gasteiger partial charge on any atom is -0.483 e. The van der Waals surface area contributed by atoms with E-state index in [9.17, 15) is 8.42 Å². The Morgan fingerprint density at radius 3 is 2.38 bits per heavy atom. The molecular weight excluding hydrogens is 296 g/mol. The van der Waals surface area contributed by atoms with Gasteiger partial charge in [-0.1, -0.05) is 0 Å². The number of rotatable bonds is 2. The summed E-state index contributed by atoms with van der Waals surface area (Å²) in [4.78, 5) is 10.4. The van der Waals surface area contributed by atoms with Gasteiger partial charge in [0, 0.05) is 13.1 Å². The number of carbonyl (C=O) groups is 1. The van der Waals surface area contributed by atoms with Crippen LogP contribution in [0.2, 0.25) is 0 Å². The lowest BCUT2D eigenvalue weighted by molar-refractivity contribution is -0.122. The van der Waals surface area contributed by atoms with Gasteiger partial charge >= 0.3 is 0 Å². The third-order valence-corrected chi connectivity index (χ3v) is 4.94. The number of hydrogen-bond acceptors (Lipinski definition) is 6. The number of carboxylic acid groups (broad SMARTS) is 1. The largest absolute Gasteiger partial charge is 0.483 e. The summed E-state index contributed by atoms with van der Waals surface area (Å²) in [6.07, 6.45) is 2.83. The Morgan fingerprint density at radius 2 is 1.90 bits per heavy atom. The minimum atomic E-state index is -3.41. The van der Waals surface area contributed by atoms with E-state index in [-0.39, 0.29) is 6.47 Å². The molecule has 21 heavy (non-hydrogen) atoms. The summed E-state index contributed by atoms with van der Waals surface area (Å²) in [6.45, 7) is 5.05. The van der Waals surface area contributed by atoms with Crippen LogP contribution in [0.3, 0.4) is 0 Å². The fourth-order valence-corrected chi connectivity index (χ4v) is 3.08. The molecule has 0 aliphatic carbocycles. The topological polar surface area (TPSA) is 126 Å². The van der Waals surface area contributed by atoms with Crippen LogP contribution in [0.1, 0.15) is 24.0 Å². The monoisotopic (exact) mass is 316 g/mol. The summed E-state index contributed by atoms with van der Waals surface area (Å²) < 4.78 is 22.6. The number of hydrogen-bond donors (Lipinski definition) is 2. The average Bonchev–Trinajstić information content (AvgIpc) is 2.42. The van der Waals surface area contributed by atoms with Crippen molar-refractivity contribution in [1.82, 2.24) is 10.2 Å². The van der Waals surface area contributed by atoms with Crippen molar-refractivity contribution in [3.8, 4) is 0 Å². The maximum absolute atomic E-state index is 11.3. The average molecular weight is 316 g/mol. The molecule has 1 aromatic rings. The molecule has 3 N–H and O–H groups in total. The fraction of sp³-hybridized carbons (Fsp3) is 0.583. The second kappa shape index (κ2) is 7.32. The van der Waals surface area contributed by atoms with E-state index in [2.05, 4.69) is 15.1 Å². The first-order chi connectivity index (χ1) is 9.81. The minimum absolute atomic E-state index is 0.250. The lowest BCUT2D eigenvalue weighted by Crippen LogP contribution is -2.42. The normalized spacial score (nSPS) is 16.0. The van der Waals surface area contributed by atoms with E-state index in [1.807, 2.05) is 13.8 Å². The molecule has 1 saturated heterocycles. The van der Waals surface area contributed by atoms with Gasteiger partial charge < -0.3 is 10.0 Å². The van der Waals surface area contributed by atoms with Crippen molar-refractivity contribution >= 4 is 22.3 Å². The van der Waals surface area contributed by atoms with Gasteiger partial charge in [-0.3, -0.25) is 4.79 Å². The Balaban J connectivity index is 0.000000677. The molecule has 2 rings (SSSR count). The zero-order valence-corrected chi connectivity index (χ0v) is 12.9. The summed E-state index contributed by atoms with van der Waals surface area (Å²) in [6, 6.07) is 0. The smallest absolute Gasteiger partial charge is 0.290 e. The summed E-state index contributed by atoms with van der Waals surface area (Å²) in [7, 11) is -3.41. The maximum Gasteiger partial charge on any atom is 0.290 e. The summed E-state index contributed by atoms with van der Waals surface area (Å²) in [5, 5.41) is 19.7. The molecule has 2 heterocycles. The van der Waals surface area contributed by atoms with Crippen molar-refractivity contribution in [2.24, 2.45) is 5.14 Å². The molecule has 1 aliphatic heterocycles. The molecule has 0 atom stereocenters. The second-order valence-electron chi connectivity index (χ2n) is 4.86. The van der Waals surface area contributed by atoms with E-state index >= 15 is 0 Å². The van der Waals surface area contributed by atoms with Crippen LogP contribution in [0.15, 0.2) is 6.20 Å². The molecule has 0 saturated carbocycles. The molecule has 0 unspecified atom stereocenters. The van der Waals surface area contributed by atoms with Crippen molar-refractivity contribution in [2.45, 2.75) is 31.9 Å². The SMILES string of the molecule is Cc1cnnc(N2CCC(S(N)(=O)=O)CC2)c1C.O=CO. The molecular formula is C12H20N4O4S. The third kappa shape index (κ3) is 4.64. The Kier molecular flexibility index (Phi) is 6.03. The highest BCUT2D eigenvalue weighted by Crippen LogP contribution is 2.24. The molecule has 9 heteroatoms. The van der Waals surface area contributed by atoms with Crippen LogP contribution in [0, 0.1) is 13.8 Å². The number of piperidine rings is 1. The van der Waals surface area contributed by atoms with Gasteiger partial charge in [-0.25, -0.2) is 13.6 Å². The number of aromatic nitrogens is 2. The summed E-state index contributed by atoms with van der Waals surface area (Å²) >= 11 is 0. The van der Waals surface area contributed by atoms with Gasteiger partial charge in [0.05, 0.1) is 11.4 Å². The van der Waals surface area contributed by atoms with Gasteiger partial charge in [-0.2, -0.15) is 5.10 Å². The number of sulfonamides is 1. The molecule has 1 aromatic heterocycles. The van der Waals surface area contributed by atoms with Crippen molar-refractivity contribution in [2.75, 3.05) is 18.0 Å². The van der Waals surface area contributed by atoms with Crippen molar-refractivity contribution in [3.63, 3.8) is 0 Å². The Labute approximate surface area is 124 Å². The molecule has 8 nitrogen and oxygen atoms in total. The quantitative estimate of drug-likeness (QED) is 0.738. The van der Waals surface area contributed by atoms with Gasteiger partial charge in [0.25, 0.3) is 6.47 Å². The lowest BCUT2D eigenvalue weighted by atomic mass is 10.1. The zero-order valence-electron chi connectivity index (χ0n) is 12.1. The summed E-state index contributed by atoms with van der Waals surface area (Å²) in [5.41, 5.74) is 2.19. The van der Waals surface area contributed by atoms with Gasteiger partial charge in [-0.05, 0) is 37.8 Å². The number of anilines is 1. The summed E-state index contributed by atoms with van der Waals surface area (Å²) in [5.74, 6) is 0.850. The van der Waals surface area contributed by atoms with Crippen LogP contribution in [-0.4, -0.2) is 48.5 Å². The number of aryl methyl sites for hydroxylation is 1. The van der Waals surface area contributed by atoms with E-state index in [1.165, 1.54) is 0 Å². The first-order valence-electron chi connectivity index (χ1n) is 6.44. The highest BCUT2D eigenvalue weighted by atomic mass is 32.2. The first-order valence-corrected chi connectivity index (χ1v) is 8.05. The van der Waals surface area contributed by atoms with Crippen LogP contribution >= 0.6 is 0 Å². The Hall–Kier alpha value is -1.74. The van der Waals surface area contributed by atoms with E-state index in [0.29, 0.717) is 25.9 Å².